The molecule has 2 aromatic carbocycles. The molecule has 1 aliphatic rings. The number of aromatic nitrogens is 2. The van der Waals surface area contributed by atoms with Gasteiger partial charge in [0.05, 0.1) is 18.8 Å². The molecule has 0 radical (unpaired) electrons. The average molecular weight is 528 g/mol. The smallest absolute Gasteiger partial charge is 0.407 e. The molecule has 1 aromatic heterocycles. The summed E-state index contributed by atoms with van der Waals surface area (Å²) in [5.41, 5.74) is 3.73. The van der Waals surface area contributed by atoms with Crippen LogP contribution in [0.4, 0.5) is 4.79 Å². The van der Waals surface area contributed by atoms with E-state index in [0.29, 0.717) is 13.0 Å². The summed E-state index contributed by atoms with van der Waals surface area (Å²) < 4.78 is 18.6. The van der Waals surface area contributed by atoms with Crippen LogP contribution in [0, 0.1) is 6.92 Å². The maximum Gasteiger partial charge on any atom is 0.407 e. The molecule has 3 atom stereocenters. The van der Waals surface area contributed by atoms with E-state index in [9.17, 15) is 9.90 Å². The summed E-state index contributed by atoms with van der Waals surface area (Å²) in [6, 6.07) is 15.6. The van der Waals surface area contributed by atoms with E-state index in [0.717, 1.165) is 37.4 Å². The van der Waals surface area contributed by atoms with Gasteiger partial charge in [-0.25, -0.2) is 4.79 Å². The van der Waals surface area contributed by atoms with E-state index in [1.54, 1.807) is 23.1 Å². The van der Waals surface area contributed by atoms with Crippen molar-refractivity contribution in [2.45, 2.75) is 49.3 Å². The fourth-order valence-electron chi connectivity index (χ4n) is 3.68. The molecule has 0 bridgehead atoms. The quantitative estimate of drug-likeness (QED) is 0.278. The molecule has 3 unspecified atom stereocenters. The number of aliphatic hydroxyl groups is 1. The van der Waals surface area contributed by atoms with Crippen LogP contribution in [0.3, 0.4) is 0 Å². The van der Waals surface area contributed by atoms with Gasteiger partial charge in [-0.3, -0.25) is 0 Å². The van der Waals surface area contributed by atoms with Gasteiger partial charge in [-0.15, -0.1) is 10.2 Å². The minimum atomic E-state index is -0.539. The second kappa shape index (κ2) is 13.0. The molecule has 190 valence electrons. The Kier molecular flexibility index (Phi) is 9.48. The molecule has 10 heteroatoms. The van der Waals surface area contributed by atoms with E-state index in [-0.39, 0.29) is 25.4 Å². The summed E-state index contributed by atoms with van der Waals surface area (Å²) in [5, 5.41) is 21.3. The van der Waals surface area contributed by atoms with Crippen LogP contribution in [-0.4, -0.2) is 39.9 Å². The fraction of sp³-hybridized carbons (Fsp3) is 0.346. The molecule has 3 aromatic rings. The topological polar surface area (TPSA) is 103 Å². The number of hydrogen-bond acceptors (Lipinski definition) is 9. The SMILES string of the molecule is C=CCOC(=O)NCc1ccc(C2OC(CSc3nnc(C)s3)CC(c3ccc(CO)cc3)O2)cc1. The van der Waals surface area contributed by atoms with Gasteiger partial charge in [-0.2, -0.15) is 0 Å². The highest BCUT2D eigenvalue weighted by atomic mass is 32.2. The molecule has 0 aliphatic carbocycles. The van der Waals surface area contributed by atoms with Crippen LogP contribution in [0.1, 0.15) is 46.1 Å². The average Bonchev–Trinajstić information content (AvgIpc) is 3.34. The molecule has 36 heavy (non-hydrogen) atoms. The van der Waals surface area contributed by atoms with Gasteiger partial charge in [-0.1, -0.05) is 84.3 Å². The maximum atomic E-state index is 11.7. The van der Waals surface area contributed by atoms with Crippen molar-refractivity contribution >= 4 is 29.2 Å². The minimum absolute atomic E-state index is 0.00521. The van der Waals surface area contributed by atoms with Crippen LogP contribution in [0.5, 0.6) is 0 Å². The zero-order valence-electron chi connectivity index (χ0n) is 20.0. The van der Waals surface area contributed by atoms with Crippen molar-refractivity contribution in [3.63, 3.8) is 0 Å². The van der Waals surface area contributed by atoms with Gasteiger partial charge in [0.15, 0.2) is 10.6 Å². The van der Waals surface area contributed by atoms with E-state index in [2.05, 4.69) is 22.1 Å². The number of hydrogen-bond donors (Lipinski definition) is 2. The molecule has 1 saturated heterocycles. The molecule has 0 saturated carbocycles. The van der Waals surface area contributed by atoms with Crippen molar-refractivity contribution in [2.24, 2.45) is 0 Å². The number of aliphatic hydroxyl groups excluding tert-OH is 1. The van der Waals surface area contributed by atoms with Gasteiger partial charge in [0, 0.05) is 24.3 Å². The highest BCUT2D eigenvalue weighted by molar-refractivity contribution is 8.01. The predicted molar refractivity (Wildman–Crippen MR) is 139 cm³/mol. The first-order valence-corrected chi connectivity index (χ1v) is 13.4. The molecule has 1 fully saturated rings. The predicted octanol–water partition coefficient (Wildman–Crippen LogP) is 5.09. The minimum Gasteiger partial charge on any atom is -0.445 e. The summed E-state index contributed by atoms with van der Waals surface area (Å²) in [5.74, 6) is 0.731. The largest absolute Gasteiger partial charge is 0.445 e. The van der Waals surface area contributed by atoms with Crippen molar-refractivity contribution in [3.8, 4) is 0 Å². The number of aryl methyl sites for hydroxylation is 1. The first-order valence-electron chi connectivity index (χ1n) is 11.6. The third-order valence-corrected chi connectivity index (χ3v) is 7.64. The van der Waals surface area contributed by atoms with Crippen LogP contribution in [-0.2, 0) is 27.4 Å². The Labute approximate surface area is 218 Å². The molecule has 8 nitrogen and oxygen atoms in total. The number of nitrogens with zero attached hydrogens (tertiary/aromatic N) is 2. The van der Waals surface area contributed by atoms with E-state index in [4.69, 9.17) is 14.2 Å². The van der Waals surface area contributed by atoms with Gasteiger partial charge >= 0.3 is 6.09 Å². The van der Waals surface area contributed by atoms with Crippen molar-refractivity contribution in [2.75, 3.05) is 12.4 Å². The Morgan fingerprint density at radius 1 is 1.17 bits per heavy atom. The van der Waals surface area contributed by atoms with Gasteiger partial charge in [-0.05, 0) is 23.6 Å². The lowest BCUT2D eigenvalue weighted by molar-refractivity contribution is -0.245. The van der Waals surface area contributed by atoms with Crippen LogP contribution < -0.4 is 5.32 Å². The highest BCUT2D eigenvalue weighted by Crippen LogP contribution is 2.39. The van der Waals surface area contributed by atoms with Gasteiger partial charge < -0.3 is 24.6 Å². The third-order valence-electron chi connectivity index (χ3n) is 5.54. The summed E-state index contributed by atoms with van der Waals surface area (Å²) in [7, 11) is 0. The Bertz CT molecular complexity index is 1140. The van der Waals surface area contributed by atoms with Crippen LogP contribution in [0.15, 0.2) is 65.5 Å². The zero-order valence-corrected chi connectivity index (χ0v) is 21.6. The summed E-state index contributed by atoms with van der Waals surface area (Å²) in [6.07, 6.45) is 0.990. The van der Waals surface area contributed by atoms with Gasteiger partial charge in [0.2, 0.25) is 0 Å². The summed E-state index contributed by atoms with van der Waals surface area (Å²) in [6.45, 7) is 5.99. The molecular weight excluding hydrogens is 498 g/mol. The summed E-state index contributed by atoms with van der Waals surface area (Å²) in [4.78, 5) is 11.7. The van der Waals surface area contributed by atoms with Gasteiger partial charge in [0.1, 0.15) is 11.6 Å². The first kappa shape index (κ1) is 26.3. The fourth-order valence-corrected chi connectivity index (χ4v) is 5.54. The van der Waals surface area contributed by atoms with Crippen LogP contribution in [0.2, 0.25) is 0 Å². The Morgan fingerprint density at radius 3 is 2.56 bits per heavy atom. The van der Waals surface area contributed by atoms with Crippen LogP contribution >= 0.6 is 23.1 Å². The lowest BCUT2D eigenvalue weighted by atomic mass is 10.0. The summed E-state index contributed by atoms with van der Waals surface area (Å²) >= 11 is 3.21. The number of amides is 1. The number of benzene rings is 2. The molecule has 2 N–H and O–H groups in total. The van der Waals surface area contributed by atoms with Crippen molar-refractivity contribution in [1.82, 2.24) is 15.5 Å². The molecule has 4 rings (SSSR count). The normalized spacial score (nSPS) is 19.6. The maximum absolute atomic E-state index is 11.7. The van der Waals surface area contributed by atoms with Crippen molar-refractivity contribution in [1.29, 1.82) is 0 Å². The van der Waals surface area contributed by atoms with Crippen molar-refractivity contribution < 1.29 is 24.1 Å². The monoisotopic (exact) mass is 527 g/mol. The molecule has 1 amide bonds. The third kappa shape index (κ3) is 7.37. The first-order chi connectivity index (χ1) is 17.5. The number of carbonyl (C=O) groups is 1. The number of alkyl carbamates (subject to hydrolysis) is 1. The Hall–Kier alpha value is -2.76. The number of rotatable bonds is 10. The van der Waals surface area contributed by atoms with E-state index >= 15 is 0 Å². The lowest BCUT2D eigenvalue weighted by Crippen LogP contribution is -2.31. The van der Waals surface area contributed by atoms with Crippen LogP contribution in [0.25, 0.3) is 0 Å². The zero-order chi connectivity index (χ0) is 25.3. The highest BCUT2D eigenvalue weighted by Gasteiger charge is 2.32. The van der Waals surface area contributed by atoms with Gasteiger partial charge in [0.25, 0.3) is 0 Å². The number of nitrogens with one attached hydrogen (secondary N) is 1. The Morgan fingerprint density at radius 2 is 1.89 bits per heavy atom. The lowest BCUT2D eigenvalue weighted by Gasteiger charge is -2.36. The van der Waals surface area contributed by atoms with E-state index in [1.165, 1.54) is 6.08 Å². The number of ether oxygens (including phenoxy) is 3. The Balaban J connectivity index is 1.44. The molecular formula is C26H29N3O5S2. The van der Waals surface area contributed by atoms with E-state index < -0.39 is 12.4 Å². The second-order valence-electron chi connectivity index (χ2n) is 8.23. The second-order valence-corrected chi connectivity index (χ2v) is 10.7. The molecule has 1 aliphatic heterocycles. The number of thioether (sulfide) groups is 1. The van der Waals surface area contributed by atoms with Crippen molar-refractivity contribution in [3.05, 3.63) is 88.4 Å². The van der Waals surface area contributed by atoms with E-state index in [1.807, 2.05) is 55.5 Å². The molecule has 2 heterocycles. The molecule has 0 spiro atoms. The number of carbonyl (C=O) groups excluding carboxylic acids is 1. The standard InChI is InChI=1S/C26H29N3O5S2/c1-3-12-32-25(31)27-14-18-4-10-21(11-5-18)24-33-22(16-35-26-29-28-17(2)36-26)13-23(34-24)20-8-6-19(15-30)7-9-20/h3-11,22-24,30H,1,12-16H2,2H3,(H,27,31).